The minimum Gasteiger partial charge on any atom is -0.328 e. The van der Waals surface area contributed by atoms with E-state index >= 15 is 0 Å². The van der Waals surface area contributed by atoms with Gasteiger partial charge in [0.05, 0.1) is 4.92 Å². The second kappa shape index (κ2) is 5.66. The summed E-state index contributed by atoms with van der Waals surface area (Å²) in [4.78, 5) is 9.29. The second-order valence-electron chi connectivity index (χ2n) is 5.14. The van der Waals surface area contributed by atoms with Gasteiger partial charge in [0.2, 0.25) is 10.0 Å². The Labute approximate surface area is 121 Å². The summed E-state index contributed by atoms with van der Waals surface area (Å²) < 4.78 is 39.8. The molecular weight excluding hydrogens is 301 g/mol. The SMILES string of the molecule is CC(N)C1CCN(S(=O)(=O)c2cc([N+](=O)[O-])ccc2F)C1. The van der Waals surface area contributed by atoms with Gasteiger partial charge in [-0.3, -0.25) is 10.1 Å². The molecule has 2 rings (SSSR count). The van der Waals surface area contributed by atoms with Crippen molar-refractivity contribution in [3.8, 4) is 0 Å². The molecule has 1 aromatic carbocycles. The van der Waals surface area contributed by atoms with Gasteiger partial charge in [-0.1, -0.05) is 0 Å². The Bertz CT molecular complexity index is 662. The smallest absolute Gasteiger partial charge is 0.270 e. The topological polar surface area (TPSA) is 107 Å². The van der Waals surface area contributed by atoms with Gasteiger partial charge in [-0.15, -0.1) is 0 Å². The molecule has 0 radical (unpaired) electrons. The Kier molecular flexibility index (Phi) is 4.26. The standard InChI is InChI=1S/C12H16FN3O4S/c1-8(14)9-4-5-15(7-9)21(19,20)12-6-10(16(17)18)2-3-11(12)13/h2-3,6,8-9H,4-5,7,14H2,1H3. The second-order valence-corrected chi connectivity index (χ2v) is 7.05. The van der Waals surface area contributed by atoms with Crippen LogP contribution in [0.25, 0.3) is 0 Å². The van der Waals surface area contributed by atoms with E-state index in [2.05, 4.69) is 0 Å². The van der Waals surface area contributed by atoms with Crippen molar-refractivity contribution >= 4 is 15.7 Å². The van der Waals surface area contributed by atoms with Gasteiger partial charge in [-0.2, -0.15) is 4.31 Å². The molecule has 0 saturated carbocycles. The van der Waals surface area contributed by atoms with Gasteiger partial charge >= 0.3 is 0 Å². The molecule has 9 heteroatoms. The average Bonchev–Trinajstić information content (AvgIpc) is 2.89. The number of hydrogen-bond donors (Lipinski definition) is 1. The Morgan fingerprint density at radius 3 is 2.71 bits per heavy atom. The highest BCUT2D eigenvalue weighted by Crippen LogP contribution is 2.29. The molecule has 1 aliphatic rings. The highest BCUT2D eigenvalue weighted by molar-refractivity contribution is 7.89. The fourth-order valence-corrected chi connectivity index (χ4v) is 3.94. The van der Waals surface area contributed by atoms with Gasteiger partial charge in [-0.25, -0.2) is 12.8 Å². The van der Waals surface area contributed by atoms with Gasteiger partial charge in [-0.05, 0) is 25.3 Å². The zero-order chi connectivity index (χ0) is 15.8. The number of nitrogens with two attached hydrogens (primary N) is 1. The maximum atomic E-state index is 13.8. The first-order valence-corrected chi connectivity index (χ1v) is 7.87. The first-order chi connectivity index (χ1) is 9.73. The zero-order valence-corrected chi connectivity index (χ0v) is 12.2. The molecule has 1 fully saturated rings. The van der Waals surface area contributed by atoms with Crippen LogP contribution in [0.1, 0.15) is 13.3 Å². The van der Waals surface area contributed by atoms with Crippen molar-refractivity contribution in [1.29, 1.82) is 0 Å². The van der Waals surface area contributed by atoms with Crippen LogP contribution < -0.4 is 5.73 Å². The molecule has 1 heterocycles. The predicted octanol–water partition coefficient (Wildman–Crippen LogP) is 1.09. The Balaban J connectivity index is 2.36. The number of nitro benzene ring substituents is 1. The van der Waals surface area contributed by atoms with Crippen molar-refractivity contribution in [2.24, 2.45) is 11.7 Å². The third-order valence-electron chi connectivity index (χ3n) is 3.67. The lowest BCUT2D eigenvalue weighted by atomic mass is 10.0. The summed E-state index contributed by atoms with van der Waals surface area (Å²) in [6.07, 6.45) is 0.591. The van der Waals surface area contributed by atoms with Crippen molar-refractivity contribution in [2.45, 2.75) is 24.3 Å². The highest BCUT2D eigenvalue weighted by atomic mass is 32.2. The van der Waals surface area contributed by atoms with Gasteiger partial charge in [0.1, 0.15) is 10.7 Å². The minimum atomic E-state index is -4.09. The molecule has 0 bridgehead atoms. The number of sulfonamides is 1. The fourth-order valence-electron chi connectivity index (χ4n) is 2.34. The molecule has 2 N–H and O–H groups in total. The number of halogens is 1. The van der Waals surface area contributed by atoms with Crippen molar-refractivity contribution in [1.82, 2.24) is 4.31 Å². The molecule has 0 amide bonds. The summed E-state index contributed by atoms with van der Waals surface area (Å²) in [5.74, 6) is -0.994. The van der Waals surface area contributed by atoms with Crippen LogP contribution in [0.4, 0.5) is 10.1 Å². The van der Waals surface area contributed by atoms with Gasteiger partial charge in [0.15, 0.2) is 0 Å². The van der Waals surface area contributed by atoms with Crippen LogP contribution in [-0.2, 0) is 10.0 Å². The Morgan fingerprint density at radius 1 is 1.52 bits per heavy atom. The van der Waals surface area contributed by atoms with Crippen LogP contribution in [-0.4, -0.2) is 36.8 Å². The van der Waals surface area contributed by atoms with Crippen molar-refractivity contribution in [3.63, 3.8) is 0 Å². The Hall–Kier alpha value is -1.58. The fraction of sp³-hybridized carbons (Fsp3) is 0.500. The lowest BCUT2D eigenvalue weighted by molar-refractivity contribution is -0.385. The van der Waals surface area contributed by atoms with Crippen LogP contribution in [0, 0.1) is 21.8 Å². The summed E-state index contributed by atoms with van der Waals surface area (Å²) in [6.45, 7) is 2.22. The van der Waals surface area contributed by atoms with Gasteiger partial charge in [0, 0.05) is 31.3 Å². The molecular formula is C12H16FN3O4S. The number of hydrogen-bond acceptors (Lipinski definition) is 5. The number of nitrogens with zero attached hydrogens (tertiary/aromatic N) is 2. The molecule has 116 valence electrons. The van der Waals surface area contributed by atoms with E-state index in [1.807, 2.05) is 0 Å². The first-order valence-electron chi connectivity index (χ1n) is 6.43. The molecule has 0 aliphatic carbocycles. The molecule has 21 heavy (non-hydrogen) atoms. The summed E-state index contributed by atoms with van der Waals surface area (Å²) >= 11 is 0. The molecule has 1 saturated heterocycles. The van der Waals surface area contributed by atoms with Crippen molar-refractivity contribution in [3.05, 3.63) is 34.1 Å². The maximum absolute atomic E-state index is 13.8. The molecule has 1 aliphatic heterocycles. The molecule has 1 aromatic rings. The van der Waals surface area contributed by atoms with E-state index in [9.17, 15) is 22.9 Å². The minimum absolute atomic E-state index is 0.00142. The summed E-state index contributed by atoms with van der Waals surface area (Å²) in [5, 5.41) is 10.7. The molecule has 2 unspecified atom stereocenters. The number of rotatable bonds is 4. The third-order valence-corrected chi connectivity index (χ3v) is 5.55. The average molecular weight is 317 g/mol. The van der Waals surface area contributed by atoms with Crippen LogP contribution in [0.3, 0.4) is 0 Å². The van der Waals surface area contributed by atoms with Crippen molar-refractivity contribution < 1.29 is 17.7 Å². The predicted molar refractivity (Wildman–Crippen MR) is 73.6 cm³/mol. The van der Waals surface area contributed by atoms with E-state index in [1.165, 1.54) is 0 Å². The van der Waals surface area contributed by atoms with Crippen LogP contribution in [0.5, 0.6) is 0 Å². The first kappa shape index (κ1) is 15.8. The number of benzene rings is 1. The number of non-ortho nitro benzene ring substituents is 1. The quantitative estimate of drug-likeness (QED) is 0.661. The van der Waals surface area contributed by atoms with Crippen LogP contribution in [0.2, 0.25) is 0 Å². The normalized spacial score (nSPS) is 21.4. The van der Waals surface area contributed by atoms with Crippen molar-refractivity contribution in [2.75, 3.05) is 13.1 Å². The lowest BCUT2D eigenvalue weighted by Crippen LogP contribution is -2.33. The summed E-state index contributed by atoms with van der Waals surface area (Å²) in [6, 6.07) is 2.32. The largest absolute Gasteiger partial charge is 0.328 e. The summed E-state index contributed by atoms with van der Waals surface area (Å²) in [5.41, 5.74) is 5.29. The van der Waals surface area contributed by atoms with E-state index in [-0.39, 0.29) is 25.0 Å². The number of nitro groups is 1. The highest BCUT2D eigenvalue weighted by Gasteiger charge is 2.36. The summed E-state index contributed by atoms with van der Waals surface area (Å²) in [7, 11) is -4.09. The molecule has 0 aromatic heterocycles. The van der Waals surface area contributed by atoms with Crippen LogP contribution in [0.15, 0.2) is 23.1 Å². The third kappa shape index (κ3) is 3.04. The van der Waals surface area contributed by atoms with Gasteiger partial charge in [0.25, 0.3) is 5.69 Å². The van der Waals surface area contributed by atoms with E-state index in [0.717, 1.165) is 22.5 Å². The zero-order valence-electron chi connectivity index (χ0n) is 11.4. The van der Waals surface area contributed by atoms with E-state index in [1.54, 1.807) is 6.92 Å². The maximum Gasteiger partial charge on any atom is 0.270 e. The van der Waals surface area contributed by atoms with E-state index in [4.69, 9.17) is 5.73 Å². The Morgan fingerprint density at radius 2 is 2.19 bits per heavy atom. The molecule has 7 nitrogen and oxygen atoms in total. The van der Waals surface area contributed by atoms with Gasteiger partial charge < -0.3 is 5.73 Å². The van der Waals surface area contributed by atoms with E-state index < -0.39 is 31.3 Å². The molecule has 2 atom stereocenters. The molecule has 0 spiro atoms. The van der Waals surface area contributed by atoms with E-state index in [0.29, 0.717) is 6.42 Å². The van der Waals surface area contributed by atoms with Crippen LogP contribution >= 0.6 is 0 Å². The lowest BCUT2D eigenvalue weighted by Gasteiger charge is -2.18. The monoisotopic (exact) mass is 317 g/mol.